The predicted octanol–water partition coefficient (Wildman–Crippen LogP) is 3.05. The van der Waals surface area contributed by atoms with Gasteiger partial charge in [0.1, 0.15) is 0 Å². The van der Waals surface area contributed by atoms with Crippen LogP contribution in [0.1, 0.15) is 37.5 Å². The lowest BCUT2D eigenvalue weighted by Crippen LogP contribution is -2.31. The molecule has 0 saturated heterocycles. The van der Waals surface area contributed by atoms with Gasteiger partial charge in [-0.25, -0.2) is 0 Å². The van der Waals surface area contributed by atoms with E-state index in [-0.39, 0.29) is 5.41 Å². The second-order valence-corrected chi connectivity index (χ2v) is 5.86. The van der Waals surface area contributed by atoms with E-state index in [0.717, 1.165) is 16.5 Å². The van der Waals surface area contributed by atoms with Crippen molar-refractivity contribution in [2.24, 2.45) is 5.73 Å². The standard InChI is InChI=1S/C14H18BrN3O/c1-3-14(2,9-16)13-17-12(18-19-13)8-10-5-4-6-11(15)7-10/h4-7H,3,8-9,16H2,1-2H3. The van der Waals surface area contributed by atoms with Crippen molar-refractivity contribution in [3.8, 4) is 0 Å². The molecule has 0 amide bonds. The fourth-order valence-corrected chi connectivity index (χ4v) is 2.23. The maximum atomic E-state index is 5.80. The van der Waals surface area contributed by atoms with Gasteiger partial charge in [-0.15, -0.1) is 0 Å². The van der Waals surface area contributed by atoms with Gasteiger partial charge < -0.3 is 10.3 Å². The average molecular weight is 324 g/mol. The maximum Gasteiger partial charge on any atom is 0.233 e. The molecule has 0 radical (unpaired) electrons. The van der Waals surface area contributed by atoms with E-state index in [4.69, 9.17) is 10.3 Å². The monoisotopic (exact) mass is 323 g/mol. The first-order chi connectivity index (χ1) is 9.07. The molecule has 2 aromatic rings. The van der Waals surface area contributed by atoms with Crippen molar-refractivity contribution in [2.75, 3.05) is 6.54 Å². The van der Waals surface area contributed by atoms with Gasteiger partial charge in [0.05, 0.1) is 5.41 Å². The molecule has 2 rings (SSSR count). The van der Waals surface area contributed by atoms with Gasteiger partial charge in [0.15, 0.2) is 5.82 Å². The van der Waals surface area contributed by atoms with E-state index in [2.05, 4.69) is 39.1 Å². The summed E-state index contributed by atoms with van der Waals surface area (Å²) >= 11 is 3.45. The van der Waals surface area contributed by atoms with Crippen LogP contribution in [-0.2, 0) is 11.8 Å². The Labute approximate surface area is 121 Å². The van der Waals surface area contributed by atoms with Crippen molar-refractivity contribution >= 4 is 15.9 Å². The minimum atomic E-state index is -0.234. The number of aromatic nitrogens is 2. The molecule has 0 aliphatic carbocycles. The van der Waals surface area contributed by atoms with Gasteiger partial charge in [0.2, 0.25) is 5.89 Å². The van der Waals surface area contributed by atoms with Gasteiger partial charge >= 0.3 is 0 Å². The highest BCUT2D eigenvalue weighted by molar-refractivity contribution is 9.10. The SMILES string of the molecule is CCC(C)(CN)c1nc(Cc2cccc(Br)c2)no1. The Kier molecular flexibility index (Phi) is 4.37. The summed E-state index contributed by atoms with van der Waals surface area (Å²) in [6.45, 7) is 4.62. The maximum absolute atomic E-state index is 5.80. The molecule has 4 nitrogen and oxygen atoms in total. The molecule has 0 bridgehead atoms. The van der Waals surface area contributed by atoms with Crippen LogP contribution < -0.4 is 5.73 Å². The molecule has 0 aliphatic rings. The second kappa shape index (κ2) is 5.84. The summed E-state index contributed by atoms with van der Waals surface area (Å²) in [5.74, 6) is 1.32. The molecule has 1 aromatic carbocycles. The minimum Gasteiger partial charge on any atom is -0.339 e. The second-order valence-electron chi connectivity index (χ2n) is 4.94. The van der Waals surface area contributed by atoms with Crippen LogP contribution in [0.2, 0.25) is 0 Å². The molecule has 0 saturated carbocycles. The van der Waals surface area contributed by atoms with Gasteiger partial charge in [0.25, 0.3) is 0 Å². The minimum absolute atomic E-state index is 0.234. The zero-order valence-electron chi connectivity index (χ0n) is 11.2. The number of nitrogens with zero attached hydrogens (tertiary/aromatic N) is 2. The molecule has 102 valence electrons. The largest absolute Gasteiger partial charge is 0.339 e. The molecule has 5 heteroatoms. The fourth-order valence-electron chi connectivity index (χ4n) is 1.78. The Morgan fingerprint density at radius 1 is 1.42 bits per heavy atom. The molecule has 1 atom stereocenters. The van der Waals surface area contributed by atoms with Crippen molar-refractivity contribution in [3.63, 3.8) is 0 Å². The number of halogens is 1. The van der Waals surface area contributed by atoms with E-state index in [1.165, 1.54) is 0 Å². The van der Waals surface area contributed by atoms with E-state index in [1.54, 1.807) is 0 Å². The third-order valence-corrected chi connectivity index (χ3v) is 3.96. The van der Waals surface area contributed by atoms with Crippen LogP contribution in [0.3, 0.4) is 0 Å². The van der Waals surface area contributed by atoms with Gasteiger partial charge in [-0.05, 0) is 31.0 Å². The molecule has 0 fully saturated rings. The summed E-state index contributed by atoms with van der Waals surface area (Å²) in [5.41, 5.74) is 6.71. The lowest BCUT2D eigenvalue weighted by molar-refractivity contribution is 0.289. The van der Waals surface area contributed by atoms with Gasteiger partial charge in [0, 0.05) is 17.4 Å². The van der Waals surface area contributed by atoms with Gasteiger partial charge in [-0.2, -0.15) is 4.98 Å². The highest BCUT2D eigenvalue weighted by Gasteiger charge is 2.29. The lowest BCUT2D eigenvalue weighted by atomic mass is 9.88. The smallest absolute Gasteiger partial charge is 0.233 e. The van der Waals surface area contributed by atoms with Crippen LogP contribution in [0.5, 0.6) is 0 Å². The first-order valence-electron chi connectivity index (χ1n) is 6.35. The van der Waals surface area contributed by atoms with Crippen molar-refractivity contribution in [1.82, 2.24) is 10.1 Å². The summed E-state index contributed by atoms with van der Waals surface area (Å²) in [6.07, 6.45) is 1.54. The van der Waals surface area contributed by atoms with Crippen LogP contribution in [-0.4, -0.2) is 16.7 Å². The van der Waals surface area contributed by atoms with Crippen molar-refractivity contribution in [1.29, 1.82) is 0 Å². The Balaban J connectivity index is 2.18. The molecular weight excluding hydrogens is 306 g/mol. The first kappa shape index (κ1) is 14.2. The molecule has 0 spiro atoms. The fraction of sp³-hybridized carbons (Fsp3) is 0.429. The summed E-state index contributed by atoms with van der Waals surface area (Å²) in [7, 11) is 0. The predicted molar refractivity (Wildman–Crippen MR) is 77.9 cm³/mol. The topological polar surface area (TPSA) is 64.9 Å². The highest BCUT2D eigenvalue weighted by Crippen LogP contribution is 2.25. The Hall–Kier alpha value is -1.20. The normalized spacial score (nSPS) is 14.3. The third kappa shape index (κ3) is 3.22. The number of benzene rings is 1. The lowest BCUT2D eigenvalue weighted by Gasteiger charge is -2.20. The zero-order valence-corrected chi connectivity index (χ0v) is 12.8. The van der Waals surface area contributed by atoms with E-state index in [9.17, 15) is 0 Å². The van der Waals surface area contributed by atoms with E-state index >= 15 is 0 Å². The molecule has 1 unspecified atom stereocenters. The van der Waals surface area contributed by atoms with Crippen LogP contribution in [0.4, 0.5) is 0 Å². The Morgan fingerprint density at radius 2 is 2.21 bits per heavy atom. The highest BCUT2D eigenvalue weighted by atomic mass is 79.9. The molecular formula is C14H18BrN3O. The van der Waals surface area contributed by atoms with Gasteiger partial charge in [-0.3, -0.25) is 0 Å². The average Bonchev–Trinajstić information content (AvgIpc) is 2.87. The van der Waals surface area contributed by atoms with Gasteiger partial charge in [-0.1, -0.05) is 40.1 Å². The first-order valence-corrected chi connectivity index (χ1v) is 7.14. The molecule has 1 aromatic heterocycles. The van der Waals surface area contributed by atoms with E-state index < -0.39 is 0 Å². The summed E-state index contributed by atoms with van der Waals surface area (Å²) in [6, 6.07) is 8.09. The zero-order chi connectivity index (χ0) is 13.9. The van der Waals surface area contributed by atoms with Crippen LogP contribution in [0.15, 0.2) is 33.3 Å². The Morgan fingerprint density at radius 3 is 2.84 bits per heavy atom. The van der Waals surface area contributed by atoms with Crippen molar-refractivity contribution in [3.05, 3.63) is 46.0 Å². The quantitative estimate of drug-likeness (QED) is 0.918. The van der Waals surface area contributed by atoms with Crippen LogP contribution in [0.25, 0.3) is 0 Å². The number of hydrogen-bond donors (Lipinski definition) is 1. The summed E-state index contributed by atoms with van der Waals surface area (Å²) in [4.78, 5) is 4.48. The summed E-state index contributed by atoms with van der Waals surface area (Å²) in [5, 5.41) is 4.05. The summed E-state index contributed by atoms with van der Waals surface area (Å²) < 4.78 is 6.41. The van der Waals surface area contributed by atoms with E-state index in [0.29, 0.717) is 24.7 Å². The Bertz CT molecular complexity index is 549. The molecule has 2 N–H and O–H groups in total. The number of hydrogen-bond acceptors (Lipinski definition) is 4. The van der Waals surface area contributed by atoms with Crippen molar-refractivity contribution < 1.29 is 4.52 Å². The molecule has 1 heterocycles. The number of nitrogens with two attached hydrogens (primary N) is 1. The molecule has 19 heavy (non-hydrogen) atoms. The molecule has 0 aliphatic heterocycles. The van der Waals surface area contributed by atoms with E-state index in [1.807, 2.05) is 25.1 Å². The van der Waals surface area contributed by atoms with Crippen LogP contribution in [0, 0.1) is 0 Å². The van der Waals surface area contributed by atoms with Crippen molar-refractivity contribution in [2.45, 2.75) is 32.1 Å². The number of rotatable bonds is 5. The van der Waals surface area contributed by atoms with Crippen LogP contribution >= 0.6 is 15.9 Å². The third-order valence-electron chi connectivity index (χ3n) is 3.47.